The van der Waals surface area contributed by atoms with E-state index < -0.39 is 0 Å². The van der Waals surface area contributed by atoms with E-state index >= 15 is 0 Å². The zero-order chi connectivity index (χ0) is 19.2. The standard InChI is InChI=1S/C23H23N5/c1-2-28(17-19-8-4-3-5-9-19)20-14-12-18(13-15-20)16-24-27-23-25-21-10-6-7-11-22(21)26-23/h3-16H,2,17H2,1H3,(H2,25,26,27)/b24-16+. The van der Waals surface area contributed by atoms with Crippen LogP contribution in [0.25, 0.3) is 11.0 Å². The molecule has 5 heteroatoms. The predicted octanol–water partition coefficient (Wildman–Crippen LogP) is 5.04. The van der Waals surface area contributed by atoms with Crippen LogP contribution in [0.4, 0.5) is 11.6 Å². The monoisotopic (exact) mass is 369 g/mol. The van der Waals surface area contributed by atoms with Gasteiger partial charge in [-0.1, -0.05) is 54.6 Å². The van der Waals surface area contributed by atoms with Gasteiger partial charge in [-0.05, 0) is 42.3 Å². The first-order valence-electron chi connectivity index (χ1n) is 9.44. The van der Waals surface area contributed by atoms with Gasteiger partial charge < -0.3 is 9.88 Å². The molecule has 140 valence electrons. The first-order valence-corrected chi connectivity index (χ1v) is 9.44. The van der Waals surface area contributed by atoms with Crippen molar-refractivity contribution in [2.45, 2.75) is 13.5 Å². The van der Waals surface area contributed by atoms with Crippen molar-refractivity contribution in [1.29, 1.82) is 0 Å². The lowest BCUT2D eigenvalue weighted by Crippen LogP contribution is -2.21. The molecule has 0 aliphatic rings. The van der Waals surface area contributed by atoms with Crippen LogP contribution in [0.2, 0.25) is 0 Å². The highest BCUT2D eigenvalue weighted by Gasteiger charge is 2.05. The van der Waals surface area contributed by atoms with Crippen LogP contribution in [-0.2, 0) is 6.54 Å². The summed E-state index contributed by atoms with van der Waals surface area (Å²) in [5, 5.41) is 4.29. The van der Waals surface area contributed by atoms with E-state index in [9.17, 15) is 0 Å². The molecule has 0 spiro atoms. The molecule has 0 bridgehead atoms. The van der Waals surface area contributed by atoms with Gasteiger partial charge in [0, 0.05) is 18.8 Å². The summed E-state index contributed by atoms with van der Waals surface area (Å²) < 4.78 is 0. The van der Waals surface area contributed by atoms with Crippen molar-refractivity contribution in [2.75, 3.05) is 16.9 Å². The van der Waals surface area contributed by atoms with Gasteiger partial charge in [0.25, 0.3) is 0 Å². The number of benzene rings is 3. The Balaban J connectivity index is 1.40. The summed E-state index contributed by atoms with van der Waals surface area (Å²) in [4.78, 5) is 9.99. The van der Waals surface area contributed by atoms with Gasteiger partial charge in [0.05, 0.1) is 17.2 Å². The number of para-hydroxylation sites is 2. The molecule has 28 heavy (non-hydrogen) atoms. The van der Waals surface area contributed by atoms with Gasteiger partial charge in [0.1, 0.15) is 0 Å². The van der Waals surface area contributed by atoms with Crippen molar-refractivity contribution in [1.82, 2.24) is 9.97 Å². The molecule has 0 fully saturated rings. The number of nitrogens with zero attached hydrogens (tertiary/aromatic N) is 3. The Hall–Kier alpha value is -3.60. The van der Waals surface area contributed by atoms with E-state index in [1.807, 2.05) is 30.3 Å². The Bertz CT molecular complexity index is 1020. The first-order chi connectivity index (χ1) is 13.8. The normalized spacial score (nSPS) is 11.2. The van der Waals surface area contributed by atoms with Crippen LogP contribution in [0.5, 0.6) is 0 Å². The molecular weight excluding hydrogens is 346 g/mol. The lowest BCUT2D eigenvalue weighted by molar-refractivity contribution is 0.832. The third kappa shape index (κ3) is 4.20. The zero-order valence-corrected chi connectivity index (χ0v) is 15.8. The fraction of sp³-hybridized carbons (Fsp3) is 0.130. The SMILES string of the molecule is CCN(Cc1ccccc1)c1ccc(/C=N/Nc2nc3ccccc3[nH]2)cc1. The van der Waals surface area contributed by atoms with E-state index in [1.54, 1.807) is 6.21 Å². The largest absolute Gasteiger partial charge is 0.367 e. The van der Waals surface area contributed by atoms with Crippen molar-refractivity contribution in [3.8, 4) is 0 Å². The number of imidazole rings is 1. The minimum Gasteiger partial charge on any atom is -0.367 e. The van der Waals surface area contributed by atoms with Crippen molar-refractivity contribution in [3.63, 3.8) is 0 Å². The van der Waals surface area contributed by atoms with Gasteiger partial charge in [0.15, 0.2) is 0 Å². The second-order valence-corrected chi connectivity index (χ2v) is 6.56. The van der Waals surface area contributed by atoms with Gasteiger partial charge >= 0.3 is 0 Å². The summed E-state index contributed by atoms with van der Waals surface area (Å²) in [6.45, 7) is 4.03. The Labute approximate surface area is 164 Å². The molecule has 0 aliphatic heterocycles. The maximum Gasteiger partial charge on any atom is 0.222 e. The minimum absolute atomic E-state index is 0.633. The van der Waals surface area contributed by atoms with Crippen LogP contribution in [0.3, 0.4) is 0 Å². The number of hydrogen-bond donors (Lipinski definition) is 2. The Morgan fingerprint density at radius 3 is 2.46 bits per heavy atom. The summed E-state index contributed by atoms with van der Waals surface area (Å²) in [5.41, 5.74) is 8.41. The maximum atomic E-state index is 4.45. The van der Waals surface area contributed by atoms with E-state index in [0.29, 0.717) is 5.95 Å². The molecule has 0 atom stereocenters. The average molecular weight is 369 g/mol. The van der Waals surface area contributed by atoms with Crippen LogP contribution >= 0.6 is 0 Å². The number of anilines is 2. The molecule has 2 N–H and O–H groups in total. The van der Waals surface area contributed by atoms with Gasteiger partial charge in [-0.3, -0.25) is 0 Å². The summed E-state index contributed by atoms with van der Waals surface area (Å²) in [7, 11) is 0. The topological polar surface area (TPSA) is 56.3 Å². The number of aromatic amines is 1. The Morgan fingerprint density at radius 1 is 0.964 bits per heavy atom. The summed E-state index contributed by atoms with van der Waals surface area (Å²) >= 11 is 0. The molecule has 0 radical (unpaired) electrons. The molecule has 0 saturated carbocycles. The van der Waals surface area contributed by atoms with Gasteiger partial charge in [-0.2, -0.15) is 5.10 Å². The quantitative estimate of drug-likeness (QED) is 0.355. The average Bonchev–Trinajstić information content (AvgIpc) is 3.16. The number of hydrazone groups is 1. The van der Waals surface area contributed by atoms with Crippen molar-refractivity contribution >= 4 is 28.9 Å². The number of H-pyrrole nitrogens is 1. The van der Waals surface area contributed by atoms with Crippen LogP contribution < -0.4 is 10.3 Å². The zero-order valence-electron chi connectivity index (χ0n) is 15.8. The predicted molar refractivity (Wildman–Crippen MR) is 117 cm³/mol. The number of aromatic nitrogens is 2. The molecule has 1 aromatic heterocycles. The van der Waals surface area contributed by atoms with Crippen LogP contribution in [-0.4, -0.2) is 22.7 Å². The highest BCUT2D eigenvalue weighted by molar-refractivity contribution is 5.81. The van der Waals surface area contributed by atoms with Crippen LogP contribution in [0.15, 0.2) is 84.0 Å². The third-order valence-electron chi connectivity index (χ3n) is 4.63. The molecule has 4 aromatic rings. The Morgan fingerprint density at radius 2 is 1.71 bits per heavy atom. The lowest BCUT2D eigenvalue weighted by atomic mass is 10.1. The summed E-state index contributed by atoms with van der Waals surface area (Å²) in [6, 6.07) is 26.9. The molecule has 0 amide bonds. The molecule has 0 unspecified atom stereocenters. The highest BCUT2D eigenvalue weighted by Crippen LogP contribution is 2.18. The summed E-state index contributed by atoms with van der Waals surface area (Å²) in [6.07, 6.45) is 1.80. The number of rotatable bonds is 7. The van der Waals surface area contributed by atoms with Crippen molar-refractivity contribution < 1.29 is 0 Å². The molecular formula is C23H23N5. The van der Waals surface area contributed by atoms with Gasteiger partial charge in [0.2, 0.25) is 5.95 Å². The van der Waals surface area contributed by atoms with Crippen molar-refractivity contribution in [3.05, 3.63) is 90.0 Å². The number of nitrogens with one attached hydrogen (secondary N) is 2. The third-order valence-corrected chi connectivity index (χ3v) is 4.63. The fourth-order valence-electron chi connectivity index (χ4n) is 3.13. The molecule has 0 saturated heterocycles. The second kappa shape index (κ2) is 8.39. The minimum atomic E-state index is 0.633. The van der Waals surface area contributed by atoms with E-state index in [-0.39, 0.29) is 0 Å². The van der Waals surface area contributed by atoms with E-state index in [2.05, 4.69) is 80.8 Å². The Kier molecular flexibility index (Phi) is 5.33. The molecule has 1 heterocycles. The maximum absolute atomic E-state index is 4.45. The van der Waals surface area contributed by atoms with Crippen molar-refractivity contribution in [2.24, 2.45) is 5.10 Å². The number of fused-ring (bicyclic) bond motifs is 1. The lowest BCUT2D eigenvalue weighted by Gasteiger charge is -2.23. The highest BCUT2D eigenvalue weighted by atomic mass is 15.3. The van der Waals surface area contributed by atoms with E-state index in [1.165, 1.54) is 11.3 Å². The van der Waals surface area contributed by atoms with Gasteiger partial charge in [-0.15, -0.1) is 0 Å². The molecule has 4 rings (SSSR count). The smallest absolute Gasteiger partial charge is 0.222 e. The van der Waals surface area contributed by atoms with Crippen LogP contribution in [0.1, 0.15) is 18.1 Å². The fourth-order valence-corrected chi connectivity index (χ4v) is 3.13. The van der Waals surface area contributed by atoms with Crippen LogP contribution in [0, 0.1) is 0 Å². The van der Waals surface area contributed by atoms with E-state index in [4.69, 9.17) is 0 Å². The molecule has 5 nitrogen and oxygen atoms in total. The first kappa shape index (κ1) is 17.8. The van der Waals surface area contributed by atoms with E-state index in [0.717, 1.165) is 29.7 Å². The van der Waals surface area contributed by atoms with Gasteiger partial charge in [-0.25, -0.2) is 10.4 Å². The second-order valence-electron chi connectivity index (χ2n) is 6.56. The molecule has 0 aliphatic carbocycles. The summed E-state index contributed by atoms with van der Waals surface area (Å²) in [5.74, 6) is 0.633. The molecule has 3 aromatic carbocycles. The number of hydrogen-bond acceptors (Lipinski definition) is 4.